The first-order chi connectivity index (χ1) is 13.6. The van der Waals surface area contributed by atoms with Crippen molar-refractivity contribution in [3.63, 3.8) is 0 Å². The zero-order valence-electron chi connectivity index (χ0n) is 15.6. The van der Waals surface area contributed by atoms with E-state index in [2.05, 4.69) is 15.3 Å². The predicted octanol–water partition coefficient (Wildman–Crippen LogP) is 4.39. The molecule has 2 heterocycles. The molecule has 1 N–H and O–H groups in total. The monoisotopic (exact) mass is 394 g/mol. The molecule has 0 spiro atoms. The van der Waals surface area contributed by atoms with Gasteiger partial charge < -0.3 is 15.0 Å². The Kier molecular flexibility index (Phi) is 4.88. The van der Waals surface area contributed by atoms with E-state index in [9.17, 15) is 4.79 Å². The Morgan fingerprint density at radius 1 is 1.21 bits per heavy atom. The van der Waals surface area contributed by atoms with Crippen LogP contribution in [0.25, 0.3) is 0 Å². The second kappa shape index (κ2) is 7.48. The number of carbonyl (C=O) groups is 1. The van der Waals surface area contributed by atoms with Gasteiger partial charge in [0, 0.05) is 29.4 Å². The van der Waals surface area contributed by atoms with E-state index in [1.54, 1.807) is 24.1 Å². The van der Waals surface area contributed by atoms with Crippen LogP contribution < -0.4 is 15.0 Å². The summed E-state index contributed by atoms with van der Waals surface area (Å²) < 4.78 is 5.39. The summed E-state index contributed by atoms with van der Waals surface area (Å²) in [6.07, 6.45) is 2.23. The highest BCUT2D eigenvalue weighted by molar-refractivity contribution is 6.31. The number of hydrogen-bond donors (Lipinski definition) is 1. The number of fused-ring (bicyclic) bond motifs is 1. The van der Waals surface area contributed by atoms with Crippen molar-refractivity contribution in [3.8, 4) is 5.75 Å². The molecule has 0 saturated carbocycles. The molecule has 1 aromatic heterocycles. The number of hydrogen-bond acceptors (Lipinski definition) is 5. The Balaban J connectivity index is 1.61. The number of halogens is 1. The van der Waals surface area contributed by atoms with Gasteiger partial charge in [-0.1, -0.05) is 29.8 Å². The second-order valence-electron chi connectivity index (χ2n) is 6.55. The maximum Gasteiger partial charge on any atom is 0.277 e. The lowest BCUT2D eigenvalue weighted by atomic mass is 10.2. The maximum absolute atomic E-state index is 13.0. The van der Waals surface area contributed by atoms with Gasteiger partial charge in [0.1, 0.15) is 23.6 Å². The summed E-state index contributed by atoms with van der Waals surface area (Å²) >= 11 is 6.16. The van der Waals surface area contributed by atoms with Gasteiger partial charge in [-0.3, -0.25) is 4.79 Å². The molecule has 2 aromatic carbocycles. The molecular formula is C21H19ClN4O2. The lowest BCUT2D eigenvalue weighted by Crippen LogP contribution is -2.29. The van der Waals surface area contributed by atoms with Gasteiger partial charge in [-0.25, -0.2) is 9.97 Å². The van der Waals surface area contributed by atoms with Crippen LogP contribution in [0.1, 0.15) is 21.6 Å². The molecule has 1 aliphatic rings. The fraction of sp³-hybridized carbons (Fsp3) is 0.190. The Morgan fingerprint density at radius 3 is 2.86 bits per heavy atom. The molecule has 0 unspecified atom stereocenters. The highest BCUT2D eigenvalue weighted by Crippen LogP contribution is 2.33. The largest absolute Gasteiger partial charge is 0.495 e. The van der Waals surface area contributed by atoms with E-state index in [1.807, 2.05) is 37.3 Å². The molecule has 0 radical (unpaired) electrons. The number of anilines is 3. The van der Waals surface area contributed by atoms with E-state index in [-0.39, 0.29) is 5.91 Å². The van der Waals surface area contributed by atoms with Gasteiger partial charge in [-0.05, 0) is 36.6 Å². The first-order valence-electron chi connectivity index (χ1n) is 8.90. The summed E-state index contributed by atoms with van der Waals surface area (Å²) in [5, 5.41) is 3.81. The minimum absolute atomic E-state index is 0.144. The number of amides is 1. The van der Waals surface area contributed by atoms with Crippen LogP contribution in [-0.2, 0) is 6.42 Å². The van der Waals surface area contributed by atoms with Crippen LogP contribution in [0.5, 0.6) is 5.75 Å². The highest BCUT2D eigenvalue weighted by Gasteiger charge is 2.26. The van der Waals surface area contributed by atoms with Crippen molar-refractivity contribution in [1.29, 1.82) is 0 Å². The van der Waals surface area contributed by atoms with Crippen LogP contribution in [0.3, 0.4) is 0 Å². The lowest BCUT2D eigenvalue weighted by molar-refractivity contribution is 0.0984. The number of methoxy groups -OCH3 is 1. The van der Waals surface area contributed by atoms with Crippen LogP contribution in [0.15, 0.2) is 48.8 Å². The average Bonchev–Trinajstić information content (AvgIpc) is 3.14. The molecule has 1 aliphatic heterocycles. The maximum atomic E-state index is 13.0. The molecule has 0 saturated heterocycles. The van der Waals surface area contributed by atoms with Crippen LogP contribution in [-0.4, -0.2) is 29.5 Å². The molecule has 28 heavy (non-hydrogen) atoms. The third-order valence-corrected chi connectivity index (χ3v) is 5.17. The number of nitrogens with one attached hydrogen (secondary N) is 1. The molecule has 7 heteroatoms. The Bertz CT molecular complexity index is 1050. The van der Waals surface area contributed by atoms with Gasteiger partial charge in [-0.2, -0.15) is 0 Å². The van der Waals surface area contributed by atoms with E-state index < -0.39 is 0 Å². The number of nitrogens with zero attached hydrogens (tertiary/aromatic N) is 3. The average molecular weight is 395 g/mol. The molecule has 4 rings (SSSR count). The SMILES string of the molecule is COc1cc(Cl)c(C)cc1Nc1cc(C(=O)N2CCc3ccccc32)ncn1. The Morgan fingerprint density at radius 2 is 2.04 bits per heavy atom. The number of para-hydroxylation sites is 1. The number of benzene rings is 2. The number of carbonyl (C=O) groups excluding carboxylic acids is 1. The van der Waals surface area contributed by atoms with Crippen LogP contribution >= 0.6 is 11.6 Å². The van der Waals surface area contributed by atoms with E-state index in [0.717, 1.165) is 17.7 Å². The van der Waals surface area contributed by atoms with Crippen LogP contribution in [0, 0.1) is 6.92 Å². The lowest BCUT2D eigenvalue weighted by Gasteiger charge is -2.17. The van der Waals surface area contributed by atoms with Crippen molar-refractivity contribution in [3.05, 3.63) is 70.6 Å². The number of aromatic nitrogens is 2. The topological polar surface area (TPSA) is 67.3 Å². The molecule has 0 fully saturated rings. The predicted molar refractivity (Wildman–Crippen MR) is 110 cm³/mol. The van der Waals surface area contributed by atoms with Crippen LogP contribution in [0.2, 0.25) is 5.02 Å². The summed E-state index contributed by atoms with van der Waals surface area (Å²) in [4.78, 5) is 23.2. The Hall–Kier alpha value is -3.12. The third kappa shape index (κ3) is 3.39. The standard InChI is InChI=1S/C21H19ClN4O2/c1-13-9-16(19(28-2)10-15(13)22)25-20-11-17(23-12-24-20)21(27)26-8-7-14-5-3-4-6-18(14)26/h3-6,9-12H,7-8H2,1-2H3,(H,23,24,25). The van der Waals surface area contributed by atoms with Gasteiger partial charge >= 0.3 is 0 Å². The quantitative estimate of drug-likeness (QED) is 0.710. The van der Waals surface area contributed by atoms with Crippen molar-refractivity contribution >= 4 is 34.7 Å². The summed E-state index contributed by atoms with van der Waals surface area (Å²) in [7, 11) is 1.58. The molecule has 1 amide bonds. The van der Waals surface area contributed by atoms with Crippen molar-refractivity contribution < 1.29 is 9.53 Å². The molecule has 0 atom stereocenters. The molecule has 0 aliphatic carbocycles. The van der Waals surface area contributed by atoms with Gasteiger partial charge in [0.25, 0.3) is 5.91 Å². The fourth-order valence-corrected chi connectivity index (χ4v) is 3.45. The minimum Gasteiger partial charge on any atom is -0.495 e. The molecular weight excluding hydrogens is 376 g/mol. The zero-order chi connectivity index (χ0) is 19.7. The fourth-order valence-electron chi connectivity index (χ4n) is 3.30. The van der Waals surface area contributed by atoms with Gasteiger partial charge in [-0.15, -0.1) is 0 Å². The van der Waals surface area contributed by atoms with Gasteiger partial charge in [0.15, 0.2) is 0 Å². The first kappa shape index (κ1) is 18.3. The Labute approximate surface area is 168 Å². The summed E-state index contributed by atoms with van der Waals surface area (Å²) in [5.74, 6) is 0.955. The van der Waals surface area contributed by atoms with E-state index in [4.69, 9.17) is 16.3 Å². The summed E-state index contributed by atoms with van der Waals surface area (Å²) in [5.41, 5.74) is 4.07. The molecule has 3 aromatic rings. The van der Waals surface area contributed by atoms with Crippen molar-refractivity contribution in [2.24, 2.45) is 0 Å². The van der Waals surface area contributed by atoms with Crippen LogP contribution in [0.4, 0.5) is 17.2 Å². The number of rotatable bonds is 4. The van der Waals surface area contributed by atoms with E-state index in [1.165, 1.54) is 11.9 Å². The number of aryl methyl sites for hydroxylation is 1. The molecule has 0 bridgehead atoms. The highest BCUT2D eigenvalue weighted by atomic mass is 35.5. The molecule has 6 nitrogen and oxygen atoms in total. The van der Waals surface area contributed by atoms with E-state index in [0.29, 0.717) is 34.5 Å². The zero-order valence-corrected chi connectivity index (χ0v) is 16.3. The van der Waals surface area contributed by atoms with Crippen molar-refractivity contribution in [1.82, 2.24) is 9.97 Å². The first-order valence-corrected chi connectivity index (χ1v) is 9.27. The van der Waals surface area contributed by atoms with Gasteiger partial charge in [0.05, 0.1) is 12.8 Å². The number of ether oxygens (including phenoxy) is 1. The van der Waals surface area contributed by atoms with Crippen molar-refractivity contribution in [2.75, 3.05) is 23.9 Å². The third-order valence-electron chi connectivity index (χ3n) is 4.76. The summed E-state index contributed by atoms with van der Waals surface area (Å²) in [6.45, 7) is 2.56. The smallest absolute Gasteiger partial charge is 0.277 e. The van der Waals surface area contributed by atoms with Crippen molar-refractivity contribution in [2.45, 2.75) is 13.3 Å². The van der Waals surface area contributed by atoms with Gasteiger partial charge in [0.2, 0.25) is 0 Å². The normalized spacial score (nSPS) is 12.6. The van der Waals surface area contributed by atoms with E-state index >= 15 is 0 Å². The molecule has 142 valence electrons. The second-order valence-corrected chi connectivity index (χ2v) is 6.96. The minimum atomic E-state index is -0.144. The summed E-state index contributed by atoms with van der Waals surface area (Å²) in [6, 6.07) is 13.2.